The van der Waals surface area contributed by atoms with Crippen LogP contribution in [0.5, 0.6) is 0 Å². The van der Waals surface area contributed by atoms with E-state index in [1.165, 1.54) is 5.57 Å². The number of hydrogen-bond acceptors (Lipinski definition) is 0. The van der Waals surface area contributed by atoms with Crippen molar-refractivity contribution >= 4 is 0 Å². The quantitative estimate of drug-likeness (QED) is 0.206. The van der Waals surface area contributed by atoms with Gasteiger partial charge in [-0.3, -0.25) is 6.08 Å². The number of allylic oxidation sites excluding steroid dienone is 4. The van der Waals surface area contributed by atoms with Crippen LogP contribution in [0.1, 0.15) is 13.3 Å². The van der Waals surface area contributed by atoms with E-state index in [1.54, 1.807) is 0 Å². The van der Waals surface area contributed by atoms with Crippen molar-refractivity contribution in [2.75, 3.05) is 0 Å². The molecule has 0 aliphatic heterocycles. The fraction of sp³-hybridized carbons (Fsp3) is 0.333. The minimum Gasteiger partial charge on any atom is -1.00 e. The van der Waals surface area contributed by atoms with E-state index < -0.39 is 0 Å². The Hall–Kier alpha value is 1.56. The molecule has 0 saturated carbocycles. The zero-order valence-electron chi connectivity index (χ0n) is 4.97. The molecule has 0 heterocycles. The molecular formula is C6H7I2Ru. The van der Waals surface area contributed by atoms with Crippen molar-refractivity contribution in [2.24, 2.45) is 0 Å². The molecule has 0 aromatic rings. The third-order valence-electron chi connectivity index (χ3n) is 0.867. The van der Waals surface area contributed by atoms with Gasteiger partial charge in [0.1, 0.15) is 0 Å². The van der Waals surface area contributed by atoms with Gasteiger partial charge < -0.3 is 48.0 Å². The molecule has 0 aromatic carbocycles. The van der Waals surface area contributed by atoms with Crippen LogP contribution in [0.4, 0.5) is 0 Å². The molecule has 0 N–H and O–H groups in total. The Bertz CT molecular complexity index is 105. The predicted molar refractivity (Wildman–Crippen MR) is 26.2 cm³/mol. The largest absolute Gasteiger partial charge is 3.00 e. The SMILES string of the molecule is CC1=[C-]CC=C1.[I-].[I-].[Ru+3]. The topological polar surface area (TPSA) is 0 Å². The summed E-state index contributed by atoms with van der Waals surface area (Å²) in [5.74, 6) is 0. The second-order valence-electron chi connectivity index (χ2n) is 1.47. The van der Waals surface area contributed by atoms with E-state index in [2.05, 4.69) is 25.2 Å². The third-order valence-corrected chi connectivity index (χ3v) is 0.867. The monoisotopic (exact) mass is 435 g/mol. The van der Waals surface area contributed by atoms with E-state index in [-0.39, 0.29) is 67.4 Å². The molecule has 0 saturated heterocycles. The van der Waals surface area contributed by atoms with Gasteiger partial charge >= 0.3 is 19.5 Å². The maximum Gasteiger partial charge on any atom is 3.00 e. The van der Waals surface area contributed by atoms with E-state index >= 15 is 0 Å². The van der Waals surface area contributed by atoms with Crippen LogP contribution in [0.15, 0.2) is 17.7 Å². The second kappa shape index (κ2) is 9.56. The molecule has 0 unspecified atom stereocenters. The Kier molecular flexibility index (Phi) is 17.9. The number of hydrogen-bond donors (Lipinski definition) is 0. The maximum atomic E-state index is 3.12. The van der Waals surface area contributed by atoms with E-state index in [9.17, 15) is 0 Å². The van der Waals surface area contributed by atoms with Gasteiger partial charge in [-0.05, 0) is 0 Å². The molecule has 1 radical (unpaired) electrons. The first-order valence-corrected chi connectivity index (χ1v) is 2.13. The van der Waals surface area contributed by atoms with E-state index in [0.717, 1.165) is 6.42 Å². The van der Waals surface area contributed by atoms with Gasteiger partial charge in [-0.2, -0.15) is 6.08 Å². The van der Waals surface area contributed by atoms with Crippen molar-refractivity contribution in [3.63, 3.8) is 0 Å². The minimum atomic E-state index is 0. The molecule has 0 amide bonds. The Morgan fingerprint density at radius 2 is 2.00 bits per heavy atom. The summed E-state index contributed by atoms with van der Waals surface area (Å²) in [4.78, 5) is 0. The van der Waals surface area contributed by atoms with Gasteiger partial charge in [0.05, 0.1) is 0 Å². The molecule has 0 bridgehead atoms. The molecule has 0 fully saturated rings. The van der Waals surface area contributed by atoms with Crippen molar-refractivity contribution in [3.8, 4) is 0 Å². The summed E-state index contributed by atoms with van der Waals surface area (Å²) in [6.45, 7) is 2.06. The van der Waals surface area contributed by atoms with Crippen LogP contribution in [0.25, 0.3) is 0 Å². The summed E-state index contributed by atoms with van der Waals surface area (Å²) < 4.78 is 0. The fourth-order valence-electron chi connectivity index (χ4n) is 0.515. The molecule has 1 aliphatic rings. The summed E-state index contributed by atoms with van der Waals surface area (Å²) in [6.07, 6.45) is 8.33. The standard InChI is InChI=1S/C6H7.2HI.Ru/c1-6-4-2-3-5-6;;;/h2,4H,3H2,1H3;2*1H;/q-1;;;+3/p-2. The zero-order chi connectivity index (χ0) is 4.41. The van der Waals surface area contributed by atoms with Crippen molar-refractivity contribution in [1.82, 2.24) is 0 Å². The van der Waals surface area contributed by atoms with Crippen LogP contribution in [-0.2, 0) is 19.5 Å². The summed E-state index contributed by atoms with van der Waals surface area (Å²) in [5, 5.41) is 0. The molecule has 1 aliphatic carbocycles. The van der Waals surface area contributed by atoms with E-state index in [1.807, 2.05) is 0 Å². The van der Waals surface area contributed by atoms with Crippen molar-refractivity contribution < 1.29 is 67.4 Å². The van der Waals surface area contributed by atoms with Gasteiger partial charge in [0.15, 0.2) is 0 Å². The molecule has 3 heteroatoms. The third kappa shape index (κ3) is 7.46. The number of halogens is 2. The first kappa shape index (κ1) is 16.9. The van der Waals surface area contributed by atoms with Gasteiger partial charge in [0, 0.05) is 0 Å². The van der Waals surface area contributed by atoms with Crippen LogP contribution in [-0.4, -0.2) is 0 Å². The predicted octanol–water partition coefficient (Wildman–Crippen LogP) is -4.30. The van der Waals surface area contributed by atoms with Crippen molar-refractivity contribution in [2.45, 2.75) is 13.3 Å². The van der Waals surface area contributed by atoms with Crippen LogP contribution < -0.4 is 48.0 Å². The molecule has 0 aromatic heterocycles. The summed E-state index contributed by atoms with van der Waals surface area (Å²) in [5.41, 5.74) is 1.27. The Labute approximate surface area is 103 Å². The second-order valence-corrected chi connectivity index (χ2v) is 1.47. The summed E-state index contributed by atoms with van der Waals surface area (Å²) >= 11 is 0. The van der Waals surface area contributed by atoms with Crippen molar-refractivity contribution in [3.05, 3.63) is 23.8 Å². The van der Waals surface area contributed by atoms with Crippen molar-refractivity contribution in [1.29, 1.82) is 0 Å². The fourth-order valence-corrected chi connectivity index (χ4v) is 0.515. The van der Waals surface area contributed by atoms with E-state index in [0.29, 0.717) is 0 Å². The summed E-state index contributed by atoms with van der Waals surface area (Å²) in [7, 11) is 0. The Morgan fingerprint density at radius 1 is 1.44 bits per heavy atom. The molecule has 1 rings (SSSR count). The van der Waals surface area contributed by atoms with Crippen LogP contribution in [0.3, 0.4) is 0 Å². The van der Waals surface area contributed by atoms with E-state index in [4.69, 9.17) is 0 Å². The van der Waals surface area contributed by atoms with Gasteiger partial charge in [0.2, 0.25) is 0 Å². The van der Waals surface area contributed by atoms with Gasteiger partial charge in [-0.1, -0.05) is 6.92 Å². The smallest absolute Gasteiger partial charge is 1.00 e. The molecule has 0 spiro atoms. The molecule has 53 valence electrons. The normalized spacial score (nSPS) is 12.3. The summed E-state index contributed by atoms with van der Waals surface area (Å²) in [6, 6.07) is 0. The average Bonchev–Trinajstić information content (AvgIpc) is 1.86. The number of rotatable bonds is 0. The molecule has 0 nitrogen and oxygen atoms in total. The van der Waals surface area contributed by atoms with Gasteiger partial charge in [-0.25, -0.2) is 11.6 Å². The first-order chi connectivity index (χ1) is 2.89. The molecule has 0 atom stereocenters. The van der Waals surface area contributed by atoms with Crippen LogP contribution in [0, 0.1) is 6.08 Å². The van der Waals surface area contributed by atoms with Gasteiger partial charge in [0.25, 0.3) is 0 Å². The average molecular weight is 434 g/mol. The Balaban J connectivity index is -0.000000120. The first-order valence-electron chi connectivity index (χ1n) is 2.13. The Morgan fingerprint density at radius 3 is 2.11 bits per heavy atom. The molecular weight excluding hydrogens is 427 g/mol. The minimum absolute atomic E-state index is 0. The molecule has 9 heavy (non-hydrogen) atoms. The van der Waals surface area contributed by atoms with Gasteiger partial charge in [-0.15, -0.1) is 6.42 Å². The van der Waals surface area contributed by atoms with Crippen LogP contribution in [0.2, 0.25) is 0 Å². The van der Waals surface area contributed by atoms with Crippen LogP contribution >= 0.6 is 0 Å². The zero-order valence-corrected chi connectivity index (χ0v) is 11.0. The maximum absolute atomic E-state index is 3.12.